The quantitative estimate of drug-likeness (QED) is 0.607. The molecule has 0 unspecified atom stereocenters. The van der Waals surface area contributed by atoms with Crippen molar-refractivity contribution < 1.29 is 0 Å². The topological polar surface area (TPSA) is 47.6 Å². The van der Waals surface area contributed by atoms with Gasteiger partial charge in [-0.15, -0.1) is 0 Å². The Morgan fingerprint density at radius 1 is 0.700 bits per heavy atom. The summed E-state index contributed by atoms with van der Waals surface area (Å²) >= 11 is 0. The van der Waals surface area contributed by atoms with E-state index < -0.39 is 0 Å². The highest BCUT2D eigenvalue weighted by molar-refractivity contribution is 5.70. The highest BCUT2D eigenvalue weighted by Crippen LogP contribution is 2.11. The average Bonchev–Trinajstić information content (AvgIpc) is 2.53. The Balaban J connectivity index is 2.14. The summed E-state index contributed by atoms with van der Waals surface area (Å²) in [6, 6.07) is 21.5. The molecular formula is C18H12N2. The molecule has 0 amide bonds. The first-order valence-electron chi connectivity index (χ1n) is 6.17. The zero-order chi connectivity index (χ0) is 14.2. The molecule has 20 heavy (non-hydrogen) atoms. The van der Waals surface area contributed by atoms with Crippen molar-refractivity contribution in [2.45, 2.75) is 0 Å². The fraction of sp³-hybridized carbons (Fsp3) is 0. The molecule has 0 aliphatic heterocycles. The zero-order valence-electron chi connectivity index (χ0n) is 10.8. The third-order valence-electron chi connectivity index (χ3n) is 2.76. The van der Waals surface area contributed by atoms with E-state index in [2.05, 4.69) is 0 Å². The Kier molecular flexibility index (Phi) is 4.49. The predicted octanol–water partition coefficient (Wildman–Crippen LogP) is 4.29. The summed E-state index contributed by atoms with van der Waals surface area (Å²) in [7, 11) is 0. The van der Waals surface area contributed by atoms with Gasteiger partial charge in [0.1, 0.15) is 17.7 Å². The molecule has 2 aromatic rings. The third kappa shape index (κ3) is 3.70. The Bertz CT molecular complexity index is 693. The van der Waals surface area contributed by atoms with Gasteiger partial charge in [-0.05, 0) is 22.8 Å². The van der Waals surface area contributed by atoms with Gasteiger partial charge in [0, 0.05) is 0 Å². The van der Waals surface area contributed by atoms with Gasteiger partial charge in [-0.1, -0.05) is 66.7 Å². The number of nitrogens with zero attached hydrogens (tertiary/aromatic N) is 2. The van der Waals surface area contributed by atoms with E-state index >= 15 is 0 Å². The number of hydrogen-bond donors (Lipinski definition) is 0. The van der Waals surface area contributed by atoms with E-state index in [1.165, 1.54) is 0 Å². The Morgan fingerprint density at radius 3 is 1.75 bits per heavy atom. The largest absolute Gasteiger partial charge is 0.192 e. The molecule has 0 radical (unpaired) electrons. The predicted molar refractivity (Wildman–Crippen MR) is 81.0 cm³/mol. The van der Waals surface area contributed by atoms with Gasteiger partial charge >= 0.3 is 0 Å². The molecule has 0 saturated heterocycles. The van der Waals surface area contributed by atoms with Crippen LogP contribution in [-0.4, -0.2) is 0 Å². The Labute approximate surface area is 118 Å². The van der Waals surface area contributed by atoms with Crippen molar-refractivity contribution in [3.8, 4) is 12.1 Å². The number of allylic oxidation sites excluding steroid dienone is 1. The van der Waals surface area contributed by atoms with Crippen molar-refractivity contribution in [2.75, 3.05) is 0 Å². The standard InChI is InChI=1S/C18H12N2/c19-13-18(14-20)12-17-10-8-16(9-11-17)7-6-15-4-2-1-3-5-15/h1-12H. The molecule has 0 atom stereocenters. The lowest BCUT2D eigenvalue weighted by atomic mass is 10.1. The summed E-state index contributed by atoms with van der Waals surface area (Å²) in [5.74, 6) is 0. The van der Waals surface area contributed by atoms with Crippen molar-refractivity contribution in [2.24, 2.45) is 0 Å². The summed E-state index contributed by atoms with van der Waals surface area (Å²) in [5, 5.41) is 17.4. The van der Waals surface area contributed by atoms with Gasteiger partial charge in [0.25, 0.3) is 0 Å². The maximum absolute atomic E-state index is 8.70. The van der Waals surface area contributed by atoms with E-state index in [4.69, 9.17) is 10.5 Å². The van der Waals surface area contributed by atoms with Gasteiger partial charge in [-0.25, -0.2) is 0 Å². The van der Waals surface area contributed by atoms with Gasteiger partial charge in [0.15, 0.2) is 0 Å². The van der Waals surface area contributed by atoms with Gasteiger partial charge < -0.3 is 0 Å². The lowest BCUT2D eigenvalue weighted by Gasteiger charge is -1.96. The zero-order valence-corrected chi connectivity index (χ0v) is 10.8. The fourth-order valence-electron chi connectivity index (χ4n) is 1.72. The third-order valence-corrected chi connectivity index (χ3v) is 2.76. The molecular weight excluding hydrogens is 244 g/mol. The lowest BCUT2D eigenvalue weighted by Crippen LogP contribution is -1.77. The lowest BCUT2D eigenvalue weighted by molar-refractivity contribution is 1.47. The van der Waals surface area contributed by atoms with Gasteiger partial charge in [0.05, 0.1) is 0 Å². The van der Waals surface area contributed by atoms with Crippen molar-refractivity contribution in [1.82, 2.24) is 0 Å². The Morgan fingerprint density at radius 2 is 1.20 bits per heavy atom. The smallest absolute Gasteiger partial charge is 0.130 e. The van der Waals surface area contributed by atoms with Gasteiger partial charge in [-0.2, -0.15) is 10.5 Å². The second-order valence-corrected chi connectivity index (χ2v) is 4.19. The van der Waals surface area contributed by atoms with Crippen LogP contribution in [0.25, 0.3) is 18.2 Å². The van der Waals surface area contributed by atoms with E-state index in [-0.39, 0.29) is 5.57 Å². The average molecular weight is 256 g/mol. The van der Waals surface area contributed by atoms with Crippen molar-refractivity contribution in [3.63, 3.8) is 0 Å². The van der Waals surface area contributed by atoms with Crippen LogP contribution in [0.1, 0.15) is 16.7 Å². The van der Waals surface area contributed by atoms with Crippen LogP contribution in [0.5, 0.6) is 0 Å². The molecule has 0 bridgehead atoms. The monoisotopic (exact) mass is 256 g/mol. The molecule has 0 spiro atoms. The summed E-state index contributed by atoms with van der Waals surface area (Å²) < 4.78 is 0. The van der Waals surface area contributed by atoms with Crippen LogP contribution in [0.2, 0.25) is 0 Å². The summed E-state index contributed by atoms with van der Waals surface area (Å²) in [6.45, 7) is 0. The summed E-state index contributed by atoms with van der Waals surface area (Å²) in [6.07, 6.45) is 5.64. The van der Waals surface area contributed by atoms with E-state index in [1.807, 2.05) is 78.9 Å². The molecule has 2 rings (SSSR count). The van der Waals surface area contributed by atoms with Crippen LogP contribution in [-0.2, 0) is 0 Å². The minimum absolute atomic E-state index is 0.109. The normalized spacial score (nSPS) is 9.70. The highest BCUT2D eigenvalue weighted by atomic mass is 14.3. The van der Waals surface area contributed by atoms with E-state index in [9.17, 15) is 0 Å². The Hall–Kier alpha value is -3.10. The molecule has 94 valence electrons. The first kappa shape index (κ1) is 13.3. The summed E-state index contributed by atoms with van der Waals surface area (Å²) in [5.41, 5.74) is 3.17. The minimum atomic E-state index is 0.109. The second-order valence-electron chi connectivity index (χ2n) is 4.19. The van der Waals surface area contributed by atoms with Gasteiger partial charge in [-0.3, -0.25) is 0 Å². The van der Waals surface area contributed by atoms with Crippen molar-refractivity contribution in [1.29, 1.82) is 10.5 Å². The minimum Gasteiger partial charge on any atom is -0.192 e. The highest BCUT2D eigenvalue weighted by Gasteiger charge is 1.94. The fourth-order valence-corrected chi connectivity index (χ4v) is 1.72. The molecule has 0 fully saturated rings. The van der Waals surface area contributed by atoms with Crippen LogP contribution in [0, 0.1) is 22.7 Å². The molecule has 0 N–H and O–H groups in total. The summed E-state index contributed by atoms with van der Waals surface area (Å²) in [4.78, 5) is 0. The molecule has 0 aliphatic rings. The maximum Gasteiger partial charge on any atom is 0.130 e. The van der Waals surface area contributed by atoms with Crippen molar-refractivity contribution in [3.05, 3.63) is 76.9 Å². The van der Waals surface area contributed by atoms with Crippen LogP contribution in [0.3, 0.4) is 0 Å². The van der Waals surface area contributed by atoms with Crippen LogP contribution in [0.4, 0.5) is 0 Å². The number of hydrogen-bond acceptors (Lipinski definition) is 2. The van der Waals surface area contributed by atoms with Crippen LogP contribution in [0.15, 0.2) is 60.2 Å². The first-order valence-corrected chi connectivity index (χ1v) is 6.17. The van der Waals surface area contributed by atoms with E-state index in [0.29, 0.717) is 0 Å². The second kappa shape index (κ2) is 6.73. The van der Waals surface area contributed by atoms with Gasteiger partial charge in [0.2, 0.25) is 0 Å². The van der Waals surface area contributed by atoms with E-state index in [0.717, 1.165) is 16.7 Å². The van der Waals surface area contributed by atoms with E-state index in [1.54, 1.807) is 6.08 Å². The maximum atomic E-state index is 8.70. The van der Waals surface area contributed by atoms with Crippen molar-refractivity contribution >= 4 is 18.2 Å². The molecule has 2 nitrogen and oxygen atoms in total. The number of rotatable bonds is 3. The number of benzene rings is 2. The molecule has 0 heterocycles. The van der Waals surface area contributed by atoms with Crippen LogP contribution >= 0.6 is 0 Å². The molecule has 0 aromatic heterocycles. The molecule has 0 saturated carbocycles. The number of nitriles is 2. The molecule has 2 heteroatoms. The SMILES string of the molecule is N#CC(C#N)=Cc1ccc(C=Cc2ccccc2)cc1. The molecule has 0 aliphatic carbocycles. The molecule has 2 aromatic carbocycles. The van der Waals surface area contributed by atoms with Crippen LogP contribution < -0.4 is 0 Å². The first-order chi connectivity index (χ1) is 9.81.